The predicted molar refractivity (Wildman–Crippen MR) is 82.8 cm³/mol. The average molecular weight is 320 g/mol. The topological polar surface area (TPSA) is 66.4 Å². The van der Waals surface area contributed by atoms with Gasteiger partial charge >= 0.3 is 0 Å². The first kappa shape index (κ1) is 19.8. The quantitative estimate of drug-likeness (QED) is 0.735. The molecule has 0 bridgehead atoms. The van der Waals surface area contributed by atoms with E-state index in [0.717, 1.165) is 0 Å². The van der Waals surface area contributed by atoms with Crippen molar-refractivity contribution < 1.29 is 28.8 Å². The van der Waals surface area contributed by atoms with Crippen molar-refractivity contribution in [2.75, 3.05) is 13.7 Å². The molecule has 0 aromatic rings. The van der Waals surface area contributed by atoms with Gasteiger partial charge in [0, 0.05) is 7.11 Å². The van der Waals surface area contributed by atoms with Gasteiger partial charge in [0.05, 0.1) is 24.9 Å². The molecule has 1 fully saturated rings. The van der Waals surface area contributed by atoms with E-state index in [9.17, 15) is 5.11 Å². The minimum absolute atomic E-state index is 0.00108. The molecule has 0 aromatic carbocycles. The molecule has 4 unspecified atom stereocenters. The molecule has 6 nitrogen and oxygen atoms in total. The van der Waals surface area contributed by atoms with Gasteiger partial charge in [-0.05, 0) is 41.5 Å². The molecule has 1 aliphatic heterocycles. The van der Waals surface area contributed by atoms with Crippen LogP contribution in [0.25, 0.3) is 0 Å². The summed E-state index contributed by atoms with van der Waals surface area (Å²) in [6, 6.07) is 0. The fourth-order valence-corrected chi connectivity index (χ4v) is 2.60. The molecular formula is C16H32O6. The molecule has 0 spiro atoms. The van der Waals surface area contributed by atoms with E-state index in [4.69, 9.17) is 23.7 Å². The standard InChI is InChI=1S/C16H32O6/c1-9(2)19-13-12(8-18-7)22-16(17)15(21-11(5)6)14(13)20-10(3)4/h9-17H,8H2,1-7H3/t12?,13?,14-,15?,16?/m0/s1. The number of rotatable bonds is 8. The van der Waals surface area contributed by atoms with Crippen molar-refractivity contribution in [1.82, 2.24) is 0 Å². The van der Waals surface area contributed by atoms with Crippen molar-refractivity contribution in [1.29, 1.82) is 0 Å². The zero-order chi connectivity index (χ0) is 16.9. The molecule has 0 radical (unpaired) electrons. The molecule has 0 aliphatic carbocycles. The van der Waals surface area contributed by atoms with Crippen LogP contribution in [0.5, 0.6) is 0 Å². The van der Waals surface area contributed by atoms with E-state index >= 15 is 0 Å². The van der Waals surface area contributed by atoms with E-state index in [0.29, 0.717) is 6.61 Å². The first-order chi connectivity index (χ1) is 10.3. The van der Waals surface area contributed by atoms with E-state index < -0.39 is 24.6 Å². The highest BCUT2D eigenvalue weighted by molar-refractivity contribution is 4.93. The smallest absolute Gasteiger partial charge is 0.184 e. The molecule has 5 atom stereocenters. The lowest BCUT2D eigenvalue weighted by Crippen LogP contribution is -2.62. The summed E-state index contributed by atoms with van der Waals surface area (Å²) >= 11 is 0. The van der Waals surface area contributed by atoms with Gasteiger partial charge in [0.1, 0.15) is 24.4 Å². The average Bonchev–Trinajstić information content (AvgIpc) is 2.37. The van der Waals surface area contributed by atoms with E-state index in [1.54, 1.807) is 7.11 Å². The molecule has 6 heteroatoms. The first-order valence-corrected chi connectivity index (χ1v) is 8.05. The third-order valence-electron chi connectivity index (χ3n) is 3.23. The van der Waals surface area contributed by atoms with E-state index in [2.05, 4.69) is 0 Å². The maximum Gasteiger partial charge on any atom is 0.184 e. The van der Waals surface area contributed by atoms with Crippen molar-refractivity contribution >= 4 is 0 Å². The minimum Gasteiger partial charge on any atom is -0.382 e. The van der Waals surface area contributed by atoms with E-state index in [1.807, 2.05) is 41.5 Å². The second-order valence-electron chi connectivity index (χ2n) is 6.47. The minimum atomic E-state index is -1.07. The Hall–Kier alpha value is -0.240. The van der Waals surface area contributed by atoms with Crippen LogP contribution in [0, 0.1) is 0 Å². The molecule has 22 heavy (non-hydrogen) atoms. The summed E-state index contributed by atoms with van der Waals surface area (Å²) in [5.74, 6) is 0. The third kappa shape index (κ3) is 5.76. The zero-order valence-corrected chi connectivity index (χ0v) is 14.8. The Balaban J connectivity index is 3.02. The third-order valence-corrected chi connectivity index (χ3v) is 3.23. The van der Waals surface area contributed by atoms with E-state index in [-0.39, 0.29) is 24.4 Å². The van der Waals surface area contributed by atoms with Crippen molar-refractivity contribution in [3.63, 3.8) is 0 Å². The van der Waals surface area contributed by atoms with Gasteiger partial charge < -0.3 is 28.8 Å². The number of hydrogen-bond acceptors (Lipinski definition) is 6. The lowest BCUT2D eigenvalue weighted by molar-refractivity contribution is -0.323. The predicted octanol–water partition coefficient (Wildman–Crippen LogP) is 1.73. The molecular weight excluding hydrogens is 288 g/mol. The summed E-state index contributed by atoms with van der Waals surface area (Å²) in [5, 5.41) is 10.3. The van der Waals surface area contributed by atoms with Crippen LogP contribution >= 0.6 is 0 Å². The summed E-state index contributed by atoms with van der Waals surface area (Å²) < 4.78 is 28.7. The van der Waals surface area contributed by atoms with Crippen LogP contribution < -0.4 is 0 Å². The van der Waals surface area contributed by atoms with Gasteiger partial charge in [0.15, 0.2) is 6.29 Å². The summed E-state index contributed by atoms with van der Waals surface area (Å²) in [5.41, 5.74) is 0. The molecule has 132 valence electrons. The van der Waals surface area contributed by atoms with Gasteiger partial charge in [-0.25, -0.2) is 0 Å². The van der Waals surface area contributed by atoms with Gasteiger partial charge in [-0.2, -0.15) is 0 Å². The Morgan fingerprint density at radius 1 is 0.818 bits per heavy atom. The van der Waals surface area contributed by atoms with Crippen LogP contribution in [0.2, 0.25) is 0 Å². The second kappa shape index (κ2) is 9.15. The van der Waals surface area contributed by atoms with E-state index in [1.165, 1.54) is 0 Å². The zero-order valence-electron chi connectivity index (χ0n) is 14.8. The van der Waals surface area contributed by atoms with Crippen molar-refractivity contribution in [2.45, 2.75) is 90.6 Å². The molecule has 0 aromatic heterocycles. The SMILES string of the molecule is COCC1OC(O)C(OC(C)C)[C@@H](OC(C)C)C1OC(C)C. The number of aliphatic hydroxyl groups is 1. The molecule has 1 N–H and O–H groups in total. The lowest BCUT2D eigenvalue weighted by atomic mass is 9.97. The van der Waals surface area contributed by atoms with Crippen LogP contribution in [-0.4, -0.2) is 67.8 Å². The fourth-order valence-electron chi connectivity index (χ4n) is 2.60. The number of aliphatic hydroxyl groups excluding tert-OH is 1. The molecule has 0 amide bonds. The molecule has 1 aliphatic rings. The van der Waals surface area contributed by atoms with Crippen LogP contribution in [0.3, 0.4) is 0 Å². The van der Waals surface area contributed by atoms with Crippen LogP contribution in [0.15, 0.2) is 0 Å². The van der Waals surface area contributed by atoms with Crippen LogP contribution in [-0.2, 0) is 23.7 Å². The Morgan fingerprint density at radius 2 is 1.27 bits per heavy atom. The Kier molecular flexibility index (Phi) is 8.24. The molecule has 1 heterocycles. The second-order valence-corrected chi connectivity index (χ2v) is 6.47. The molecule has 1 rings (SSSR count). The normalized spacial score (nSPS) is 33.1. The summed E-state index contributed by atoms with van der Waals surface area (Å²) in [6.07, 6.45) is -2.93. The van der Waals surface area contributed by atoms with Gasteiger partial charge in [-0.15, -0.1) is 0 Å². The molecule has 0 saturated carbocycles. The Bertz CT molecular complexity index is 307. The first-order valence-electron chi connectivity index (χ1n) is 8.05. The highest BCUT2D eigenvalue weighted by atomic mass is 16.7. The van der Waals surface area contributed by atoms with Gasteiger partial charge in [-0.1, -0.05) is 0 Å². The number of hydrogen-bond donors (Lipinski definition) is 1. The highest BCUT2D eigenvalue weighted by Gasteiger charge is 2.48. The Labute approximate surface area is 134 Å². The summed E-state index contributed by atoms with van der Waals surface area (Å²) in [4.78, 5) is 0. The number of ether oxygens (including phenoxy) is 5. The maximum absolute atomic E-state index is 10.3. The van der Waals surface area contributed by atoms with Crippen molar-refractivity contribution in [3.05, 3.63) is 0 Å². The van der Waals surface area contributed by atoms with Crippen molar-refractivity contribution in [3.8, 4) is 0 Å². The maximum atomic E-state index is 10.3. The van der Waals surface area contributed by atoms with Gasteiger partial charge in [-0.3, -0.25) is 0 Å². The molecule has 1 saturated heterocycles. The van der Waals surface area contributed by atoms with Gasteiger partial charge in [0.2, 0.25) is 0 Å². The largest absolute Gasteiger partial charge is 0.382 e. The lowest BCUT2D eigenvalue weighted by Gasteiger charge is -2.46. The highest BCUT2D eigenvalue weighted by Crippen LogP contribution is 2.29. The fraction of sp³-hybridized carbons (Fsp3) is 1.00. The van der Waals surface area contributed by atoms with Crippen LogP contribution in [0.1, 0.15) is 41.5 Å². The monoisotopic (exact) mass is 320 g/mol. The summed E-state index contributed by atoms with van der Waals surface area (Å²) in [7, 11) is 1.59. The summed E-state index contributed by atoms with van der Waals surface area (Å²) in [6.45, 7) is 12.0. The van der Waals surface area contributed by atoms with Crippen molar-refractivity contribution in [2.24, 2.45) is 0 Å². The number of methoxy groups -OCH3 is 1. The van der Waals surface area contributed by atoms with Crippen LogP contribution in [0.4, 0.5) is 0 Å². The van der Waals surface area contributed by atoms with Gasteiger partial charge in [0.25, 0.3) is 0 Å². The Morgan fingerprint density at radius 3 is 1.73 bits per heavy atom.